The van der Waals surface area contributed by atoms with E-state index in [1.165, 1.54) is 12.1 Å². The zero-order chi connectivity index (χ0) is 19.2. The lowest BCUT2D eigenvalue weighted by molar-refractivity contribution is 0.0696. The van der Waals surface area contributed by atoms with Gasteiger partial charge >= 0.3 is 11.9 Å². The number of hydrogen-bond donors (Lipinski definition) is 2. The second-order valence-electron chi connectivity index (χ2n) is 5.60. The van der Waals surface area contributed by atoms with Crippen molar-refractivity contribution in [3.8, 4) is 23.3 Å². The van der Waals surface area contributed by atoms with Gasteiger partial charge in [0.2, 0.25) is 0 Å². The number of carboxylic acids is 2. The first-order valence-electron chi connectivity index (χ1n) is 7.98. The molecule has 0 atom stereocenters. The van der Waals surface area contributed by atoms with E-state index in [1.54, 1.807) is 18.2 Å². The molecule has 132 valence electrons. The van der Waals surface area contributed by atoms with Crippen LogP contribution < -0.4 is 4.74 Å². The fraction of sp³-hybridized carbons (Fsp3) is 0. The van der Waals surface area contributed by atoms with E-state index in [9.17, 15) is 9.59 Å². The molecule has 0 heterocycles. The van der Waals surface area contributed by atoms with Crippen LogP contribution in [0.2, 0.25) is 0 Å². The molecule has 0 saturated carbocycles. The molecule has 3 aromatic rings. The number of aromatic carboxylic acids is 2. The monoisotopic (exact) mass is 358 g/mol. The summed E-state index contributed by atoms with van der Waals surface area (Å²) in [4.78, 5) is 22.4. The second-order valence-corrected chi connectivity index (χ2v) is 5.60. The molecule has 3 aromatic carbocycles. The van der Waals surface area contributed by atoms with E-state index in [2.05, 4.69) is 11.8 Å². The van der Waals surface area contributed by atoms with Gasteiger partial charge in [-0.1, -0.05) is 36.1 Å². The molecule has 0 fully saturated rings. The highest BCUT2D eigenvalue weighted by Gasteiger charge is 2.12. The van der Waals surface area contributed by atoms with Crippen LogP contribution in [0, 0.1) is 11.8 Å². The van der Waals surface area contributed by atoms with Crippen molar-refractivity contribution in [1.29, 1.82) is 0 Å². The van der Waals surface area contributed by atoms with Crippen molar-refractivity contribution in [2.75, 3.05) is 0 Å². The van der Waals surface area contributed by atoms with Gasteiger partial charge < -0.3 is 14.9 Å². The van der Waals surface area contributed by atoms with Crippen molar-refractivity contribution in [2.45, 2.75) is 0 Å². The molecular formula is C22H14O5. The summed E-state index contributed by atoms with van der Waals surface area (Å²) in [5, 5.41) is 18.3. The Hall–Kier alpha value is -4.04. The summed E-state index contributed by atoms with van der Waals surface area (Å²) in [7, 11) is 0. The molecule has 0 aliphatic carbocycles. The molecule has 0 aromatic heterocycles. The Morgan fingerprint density at radius 3 is 1.89 bits per heavy atom. The van der Waals surface area contributed by atoms with Gasteiger partial charge in [0.15, 0.2) is 0 Å². The summed E-state index contributed by atoms with van der Waals surface area (Å²) >= 11 is 0. The third-order valence-electron chi connectivity index (χ3n) is 3.60. The smallest absolute Gasteiger partial charge is 0.335 e. The molecule has 27 heavy (non-hydrogen) atoms. The van der Waals surface area contributed by atoms with Crippen molar-refractivity contribution in [1.82, 2.24) is 0 Å². The van der Waals surface area contributed by atoms with Crippen LogP contribution in [-0.2, 0) is 0 Å². The summed E-state index contributed by atoms with van der Waals surface area (Å²) in [6.07, 6.45) is 0. The molecule has 0 amide bonds. The predicted octanol–water partition coefficient (Wildman–Crippen LogP) is 4.28. The van der Waals surface area contributed by atoms with E-state index in [1.807, 2.05) is 36.4 Å². The first-order chi connectivity index (χ1) is 13.0. The van der Waals surface area contributed by atoms with Gasteiger partial charge in [-0.3, -0.25) is 0 Å². The van der Waals surface area contributed by atoms with Crippen LogP contribution in [0.3, 0.4) is 0 Å². The van der Waals surface area contributed by atoms with E-state index in [-0.39, 0.29) is 16.9 Å². The summed E-state index contributed by atoms with van der Waals surface area (Å²) in [5.74, 6) is 4.16. The largest absolute Gasteiger partial charge is 0.478 e. The molecule has 0 unspecified atom stereocenters. The van der Waals surface area contributed by atoms with Gasteiger partial charge in [-0.15, -0.1) is 0 Å². The van der Waals surface area contributed by atoms with E-state index in [0.717, 1.165) is 11.6 Å². The van der Waals surface area contributed by atoms with E-state index in [0.29, 0.717) is 11.3 Å². The molecule has 0 radical (unpaired) electrons. The molecule has 5 nitrogen and oxygen atoms in total. The Kier molecular flexibility index (Phi) is 5.20. The number of ether oxygens (including phenoxy) is 1. The lowest BCUT2D eigenvalue weighted by Gasteiger charge is -2.08. The average molecular weight is 358 g/mol. The molecule has 0 saturated heterocycles. The maximum Gasteiger partial charge on any atom is 0.335 e. The number of rotatable bonds is 4. The number of hydrogen-bond acceptors (Lipinski definition) is 3. The summed E-state index contributed by atoms with van der Waals surface area (Å²) < 4.78 is 5.66. The second kappa shape index (κ2) is 7.89. The minimum atomic E-state index is -1.23. The molecular weight excluding hydrogens is 344 g/mol. The fourth-order valence-corrected chi connectivity index (χ4v) is 2.34. The Morgan fingerprint density at radius 2 is 1.26 bits per heavy atom. The lowest BCUT2D eigenvalue weighted by atomic mass is 10.1. The topological polar surface area (TPSA) is 83.8 Å². The van der Waals surface area contributed by atoms with Gasteiger partial charge in [-0.2, -0.15) is 0 Å². The van der Waals surface area contributed by atoms with Crippen molar-refractivity contribution < 1.29 is 24.5 Å². The van der Waals surface area contributed by atoms with Gasteiger partial charge in [0.1, 0.15) is 11.5 Å². The standard InChI is InChI=1S/C22H14O5/c23-21(24)17-12-18(22(25)26)14-20(13-17)27-19-8-4-7-16(11-19)10-9-15-5-2-1-3-6-15/h1-8,11-14H,(H,23,24)(H,25,26). The van der Waals surface area contributed by atoms with Gasteiger partial charge in [0.25, 0.3) is 0 Å². The third-order valence-corrected chi connectivity index (χ3v) is 3.60. The van der Waals surface area contributed by atoms with Crippen LogP contribution in [0.15, 0.2) is 72.8 Å². The first-order valence-corrected chi connectivity index (χ1v) is 7.98. The van der Waals surface area contributed by atoms with Gasteiger partial charge in [-0.05, 0) is 48.5 Å². The highest BCUT2D eigenvalue weighted by Crippen LogP contribution is 2.25. The number of benzene rings is 3. The molecule has 0 spiro atoms. The SMILES string of the molecule is O=C(O)c1cc(Oc2cccc(C#Cc3ccccc3)c2)cc(C(=O)O)c1. The minimum absolute atomic E-state index is 0.125. The third kappa shape index (κ3) is 4.74. The van der Waals surface area contributed by atoms with E-state index in [4.69, 9.17) is 14.9 Å². The predicted molar refractivity (Wildman–Crippen MR) is 99.3 cm³/mol. The number of carbonyl (C=O) groups is 2. The van der Waals surface area contributed by atoms with Crippen LogP contribution in [0.1, 0.15) is 31.8 Å². The Bertz CT molecular complexity index is 1030. The molecule has 0 aliphatic heterocycles. The van der Waals surface area contributed by atoms with Gasteiger partial charge in [-0.25, -0.2) is 9.59 Å². The van der Waals surface area contributed by atoms with Crippen molar-refractivity contribution in [2.24, 2.45) is 0 Å². The fourth-order valence-electron chi connectivity index (χ4n) is 2.34. The van der Waals surface area contributed by atoms with Crippen LogP contribution in [-0.4, -0.2) is 22.2 Å². The normalized spacial score (nSPS) is 9.78. The number of carboxylic acid groups (broad SMARTS) is 2. The quantitative estimate of drug-likeness (QED) is 0.680. The van der Waals surface area contributed by atoms with Crippen LogP contribution >= 0.6 is 0 Å². The molecule has 0 aliphatic rings. The summed E-state index contributed by atoms with van der Waals surface area (Å²) in [6, 6.07) is 20.1. The maximum atomic E-state index is 11.2. The van der Waals surface area contributed by atoms with Crippen LogP contribution in [0.5, 0.6) is 11.5 Å². The lowest BCUT2D eigenvalue weighted by Crippen LogP contribution is -2.03. The van der Waals surface area contributed by atoms with Crippen LogP contribution in [0.25, 0.3) is 0 Å². The van der Waals surface area contributed by atoms with Crippen molar-refractivity contribution in [3.63, 3.8) is 0 Å². The van der Waals surface area contributed by atoms with Gasteiger partial charge in [0.05, 0.1) is 11.1 Å². The molecule has 5 heteroatoms. The van der Waals surface area contributed by atoms with Crippen LogP contribution in [0.4, 0.5) is 0 Å². The maximum absolute atomic E-state index is 11.2. The molecule has 0 bridgehead atoms. The highest BCUT2D eigenvalue weighted by atomic mass is 16.5. The average Bonchev–Trinajstić information content (AvgIpc) is 2.67. The Balaban J connectivity index is 1.87. The van der Waals surface area contributed by atoms with Crippen molar-refractivity contribution >= 4 is 11.9 Å². The highest BCUT2D eigenvalue weighted by molar-refractivity contribution is 5.94. The Labute approximate surface area is 155 Å². The Morgan fingerprint density at radius 1 is 0.667 bits per heavy atom. The summed E-state index contributed by atoms with van der Waals surface area (Å²) in [6.45, 7) is 0. The molecule has 3 rings (SSSR count). The first kappa shape index (κ1) is 17.8. The summed E-state index contributed by atoms with van der Waals surface area (Å²) in [5.41, 5.74) is 1.27. The van der Waals surface area contributed by atoms with E-state index < -0.39 is 11.9 Å². The zero-order valence-corrected chi connectivity index (χ0v) is 14.0. The zero-order valence-electron chi connectivity index (χ0n) is 14.0. The van der Waals surface area contributed by atoms with Gasteiger partial charge in [0, 0.05) is 11.1 Å². The molecule has 2 N–H and O–H groups in total. The van der Waals surface area contributed by atoms with E-state index >= 15 is 0 Å². The van der Waals surface area contributed by atoms with Crippen molar-refractivity contribution in [3.05, 3.63) is 95.1 Å². The minimum Gasteiger partial charge on any atom is -0.478 e.